The van der Waals surface area contributed by atoms with Crippen molar-refractivity contribution in [2.45, 2.75) is 39.2 Å². The van der Waals surface area contributed by atoms with E-state index in [0.29, 0.717) is 6.04 Å². The Bertz CT molecular complexity index is 451. The summed E-state index contributed by atoms with van der Waals surface area (Å²) in [5, 5.41) is 3.56. The van der Waals surface area contributed by atoms with E-state index in [1.54, 1.807) is 0 Å². The third-order valence-electron chi connectivity index (χ3n) is 2.85. The van der Waals surface area contributed by atoms with Gasteiger partial charge in [0.25, 0.3) is 0 Å². The molecule has 5 heteroatoms. The average Bonchev–Trinajstić information content (AvgIpc) is 3.05. The first-order valence-corrected chi connectivity index (χ1v) is 7.96. The van der Waals surface area contributed by atoms with Gasteiger partial charge in [0.15, 0.2) is 0 Å². The van der Waals surface area contributed by atoms with Crippen molar-refractivity contribution in [2.24, 2.45) is 0 Å². The standard InChI is InChI=1S/C13H19N3S2/c1-3-7-14-12(13-9-15-18-16-13)8-11-6-5-10(4-2)17-11/h5-6,9,12,14H,3-4,7-8H2,1-2H3. The van der Waals surface area contributed by atoms with Gasteiger partial charge in [0.2, 0.25) is 0 Å². The van der Waals surface area contributed by atoms with Crippen molar-refractivity contribution in [1.29, 1.82) is 0 Å². The number of rotatable bonds is 7. The second-order valence-electron chi connectivity index (χ2n) is 4.26. The number of nitrogens with zero attached hydrogens (tertiary/aromatic N) is 2. The van der Waals surface area contributed by atoms with Gasteiger partial charge in [0.1, 0.15) is 0 Å². The van der Waals surface area contributed by atoms with Crippen LogP contribution in [-0.4, -0.2) is 15.3 Å². The van der Waals surface area contributed by atoms with Crippen LogP contribution in [0.4, 0.5) is 0 Å². The highest BCUT2D eigenvalue weighted by molar-refractivity contribution is 7.12. The van der Waals surface area contributed by atoms with E-state index in [1.165, 1.54) is 21.5 Å². The molecule has 0 amide bonds. The summed E-state index contributed by atoms with van der Waals surface area (Å²) >= 11 is 3.19. The van der Waals surface area contributed by atoms with E-state index in [1.807, 2.05) is 17.5 Å². The molecule has 2 rings (SSSR count). The van der Waals surface area contributed by atoms with E-state index in [0.717, 1.165) is 31.5 Å². The molecule has 0 aliphatic heterocycles. The molecule has 0 saturated carbocycles. The predicted octanol–water partition coefficient (Wildman–Crippen LogP) is 3.45. The quantitative estimate of drug-likeness (QED) is 0.844. The van der Waals surface area contributed by atoms with E-state index in [4.69, 9.17) is 0 Å². The van der Waals surface area contributed by atoms with Crippen molar-refractivity contribution in [3.63, 3.8) is 0 Å². The van der Waals surface area contributed by atoms with Crippen LogP contribution in [0.25, 0.3) is 0 Å². The third kappa shape index (κ3) is 3.60. The van der Waals surface area contributed by atoms with E-state index in [9.17, 15) is 0 Å². The second-order valence-corrected chi connectivity index (χ2v) is 6.07. The van der Waals surface area contributed by atoms with Gasteiger partial charge in [-0.15, -0.1) is 11.3 Å². The van der Waals surface area contributed by atoms with Gasteiger partial charge >= 0.3 is 0 Å². The minimum absolute atomic E-state index is 0.298. The molecule has 0 aliphatic rings. The number of thiophene rings is 1. The van der Waals surface area contributed by atoms with Gasteiger partial charge < -0.3 is 5.32 Å². The summed E-state index contributed by atoms with van der Waals surface area (Å²) in [4.78, 5) is 2.88. The summed E-state index contributed by atoms with van der Waals surface area (Å²) < 4.78 is 8.47. The van der Waals surface area contributed by atoms with Crippen LogP contribution in [0, 0.1) is 0 Å². The molecule has 0 spiro atoms. The van der Waals surface area contributed by atoms with Crippen LogP contribution >= 0.6 is 23.1 Å². The lowest BCUT2D eigenvalue weighted by atomic mass is 10.1. The molecule has 2 aromatic rings. The molecule has 18 heavy (non-hydrogen) atoms. The molecule has 0 fully saturated rings. The van der Waals surface area contributed by atoms with E-state index in [2.05, 4.69) is 40.0 Å². The molecular weight excluding hydrogens is 262 g/mol. The summed E-state index contributed by atoms with van der Waals surface area (Å²) in [6.45, 7) is 5.41. The Morgan fingerprint density at radius 3 is 2.72 bits per heavy atom. The Kier molecular flexibility index (Phi) is 5.28. The third-order valence-corrected chi connectivity index (χ3v) is 4.59. The Balaban J connectivity index is 2.04. The molecular formula is C13H19N3S2. The Morgan fingerprint density at radius 2 is 2.11 bits per heavy atom. The smallest absolute Gasteiger partial charge is 0.0915 e. The van der Waals surface area contributed by atoms with E-state index >= 15 is 0 Å². The lowest BCUT2D eigenvalue weighted by Gasteiger charge is -2.14. The highest BCUT2D eigenvalue weighted by Crippen LogP contribution is 2.23. The van der Waals surface area contributed by atoms with Gasteiger partial charge in [-0.2, -0.15) is 8.75 Å². The molecule has 2 heterocycles. The first-order valence-electron chi connectivity index (χ1n) is 6.42. The van der Waals surface area contributed by atoms with E-state index in [-0.39, 0.29) is 0 Å². The fourth-order valence-electron chi connectivity index (χ4n) is 1.85. The Morgan fingerprint density at radius 1 is 1.28 bits per heavy atom. The Hall–Kier alpha value is -0.780. The molecule has 0 aliphatic carbocycles. The van der Waals surface area contributed by atoms with Crippen LogP contribution in [0.15, 0.2) is 18.3 Å². The molecule has 1 atom stereocenters. The zero-order chi connectivity index (χ0) is 12.8. The summed E-state index contributed by atoms with van der Waals surface area (Å²) in [5.74, 6) is 0. The summed E-state index contributed by atoms with van der Waals surface area (Å²) in [7, 11) is 0. The fourth-order valence-corrected chi connectivity index (χ4v) is 3.32. The summed E-state index contributed by atoms with van der Waals surface area (Å²) in [6.07, 6.45) is 5.15. The molecule has 3 nitrogen and oxygen atoms in total. The van der Waals surface area contributed by atoms with Crippen LogP contribution in [0.1, 0.15) is 41.8 Å². The van der Waals surface area contributed by atoms with Crippen LogP contribution in [0.3, 0.4) is 0 Å². The van der Waals surface area contributed by atoms with Crippen molar-refractivity contribution in [1.82, 2.24) is 14.1 Å². The van der Waals surface area contributed by atoms with Crippen LogP contribution in [0.2, 0.25) is 0 Å². The highest BCUT2D eigenvalue weighted by atomic mass is 32.1. The van der Waals surface area contributed by atoms with Gasteiger partial charge in [0, 0.05) is 16.2 Å². The molecule has 0 bridgehead atoms. The number of aryl methyl sites for hydroxylation is 1. The first kappa shape index (κ1) is 13.6. The van der Waals surface area contributed by atoms with Crippen molar-refractivity contribution in [3.8, 4) is 0 Å². The lowest BCUT2D eigenvalue weighted by molar-refractivity contribution is 0.524. The Labute approximate surface area is 117 Å². The summed E-state index contributed by atoms with van der Waals surface area (Å²) in [5.41, 5.74) is 1.07. The maximum atomic E-state index is 4.37. The normalized spacial score (nSPS) is 12.8. The van der Waals surface area contributed by atoms with Crippen molar-refractivity contribution >= 4 is 23.1 Å². The zero-order valence-electron chi connectivity index (χ0n) is 10.8. The SMILES string of the molecule is CCCNC(Cc1ccc(CC)s1)c1cnsn1. The van der Waals surface area contributed by atoms with E-state index < -0.39 is 0 Å². The number of aromatic nitrogens is 2. The molecule has 2 aromatic heterocycles. The van der Waals surface area contributed by atoms with Crippen LogP contribution < -0.4 is 5.32 Å². The predicted molar refractivity (Wildman–Crippen MR) is 78.3 cm³/mol. The van der Waals surface area contributed by atoms with Gasteiger partial charge in [-0.1, -0.05) is 13.8 Å². The van der Waals surface area contributed by atoms with Crippen molar-refractivity contribution in [3.05, 3.63) is 33.8 Å². The van der Waals surface area contributed by atoms with Gasteiger partial charge in [-0.05, 0) is 31.5 Å². The summed E-state index contributed by atoms with van der Waals surface area (Å²) in [6, 6.07) is 4.77. The first-order chi connectivity index (χ1) is 8.83. The number of hydrogen-bond acceptors (Lipinski definition) is 5. The largest absolute Gasteiger partial charge is 0.308 e. The molecule has 0 radical (unpaired) electrons. The lowest BCUT2D eigenvalue weighted by Crippen LogP contribution is -2.24. The van der Waals surface area contributed by atoms with Crippen molar-refractivity contribution in [2.75, 3.05) is 6.54 Å². The monoisotopic (exact) mass is 281 g/mol. The second kappa shape index (κ2) is 6.97. The zero-order valence-corrected chi connectivity index (χ0v) is 12.5. The molecule has 98 valence electrons. The maximum Gasteiger partial charge on any atom is 0.0915 e. The topological polar surface area (TPSA) is 37.8 Å². The molecule has 0 saturated heterocycles. The fraction of sp³-hybridized carbons (Fsp3) is 0.538. The van der Waals surface area contributed by atoms with Crippen LogP contribution in [-0.2, 0) is 12.8 Å². The average molecular weight is 281 g/mol. The van der Waals surface area contributed by atoms with Gasteiger partial charge in [0.05, 0.1) is 29.7 Å². The molecule has 1 unspecified atom stereocenters. The minimum Gasteiger partial charge on any atom is -0.308 e. The molecule has 1 N–H and O–H groups in total. The number of nitrogens with one attached hydrogen (secondary N) is 1. The number of hydrogen-bond donors (Lipinski definition) is 1. The molecule has 0 aromatic carbocycles. The van der Waals surface area contributed by atoms with Crippen molar-refractivity contribution < 1.29 is 0 Å². The van der Waals surface area contributed by atoms with Crippen LogP contribution in [0.5, 0.6) is 0 Å². The minimum atomic E-state index is 0.298. The maximum absolute atomic E-state index is 4.37. The van der Waals surface area contributed by atoms with Gasteiger partial charge in [-0.3, -0.25) is 0 Å². The van der Waals surface area contributed by atoms with Gasteiger partial charge in [-0.25, -0.2) is 0 Å². The highest BCUT2D eigenvalue weighted by Gasteiger charge is 2.15.